The van der Waals surface area contributed by atoms with Gasteiger partial charge >= 0.3 is 68.1 Å². The number of unbranched alkanes of at least 4 members (excludes halogenated alkanes) is 3. The van der Waals surface area contributed by atoms with Crippen LogP contribution in [0.3, 0.4) is 0 Å². The van der Waals surface area contributed by atoms with Crippen molar-refractivity contribution in [2.75, 3.05) is 13.2 Å². The minimum atomic E-state index is 0.326. The molecule has 9 heavy (non-hydrogen) atoms. The van der Waals surface area contributed by atoms with Gasteiger partial charge < -0.3 is 0 Å². The molecule has 0 aromatic rings. The van der Waals surface area contributed by atoms with Crippen LogP contribution in [0, 0.1) is 0 Å². The average Bonchev–Trinajstić information content (AvgIpc) is 1.89. The number of rotatable bonds is 6. The molecule has 0 bridgehead atoms. The molecule has 0 aromatic carbocycles. The van der Waals surface area contributed by atoms with E-state index < -0.39 is 0 Å². The van der Waals surface area contributed by atoms with Crippen LogP contribution in [0.25, 0.3) is 0 Å². The molecule has 0 aliphatic heterocycles. The van der Waals surface area contributed by atoms with Crippen LogP contribution in [0.15, 0.2) is 0 Å². The van der Waals surface area contributed by atoms with Gasteiger partial charge in [-0.15, -0.1) is 0 Å². The van der Waals surface area contributed by atoms with Crippen molar-refractivity contribution >= 4 is 0 Å². The molecule has 3 heteroatoms. The van der Waals surface area contributed by atoms with Crippen LogP contribution in [0.2, 0.25) is 0 Å². The van der Waals surface area contributed by atoms with Gasteiger partial charge in [-0.3, -0.25) is 0 Å². The van der Waals surface area contributed by atoms with Crippen LogP contribution in [0.5, 0.6) is 0 Å². The molecule has 53 valence electrons. The second-order valence-electron chi connectivity index (χ2n) is 1.99. The molecule has 0 fully saturated rings. The Hall–Kier alpha value is 0.634. The fraction of sp³-hybridized carbons (Fsp3) is 1.00. The van der Waals surface area contributed by atoms with Gasteiger partial charge in [0.2, 0.25) is 0 Å². The van der Waals surface area contributed by atoms with Gasteiger partial charge in [0.25, 0.3) is 0 Å². The molecule has 0 aromatic heterocycles. The van der Waals surface area contributed by atoms with Crippen LogP contribution >= 0.6 is 0 Å². The van der Waals surface area contributed by atoms with E-state index in [2.05, 4.69) is 0 Å². The zero-order valence-electron chi connectivity index (χ0n) is 5.60. The summed E-state index contributed by atoms with van der Waals surface area (Å²) in [6, 6.07) is 0. The summed E-state index contributed by atoms with van der Waals surface area (Å²) >= 11 is 1.71. The molecule has 0 amide bonds. The van der Waals surface area contributed by atoms with Crippen molar-refractivity contribution in [1.29, 1.82) is 0 Å². The van der Waals surface area contributed by atoms with Crippen LogP contribution < -0.4 is 0 Å². The molecule has 1 N–H and O–H groups in total. The summed E-state index contributed by atoms with van der Waals surface area (Å²) in [6.45, 7) is 1.18. The van der Waals surface area contributed by atoms with Crippen molar-refractivity contribution < 1.29 is 29.2 Å². The topological polar surface area (TPSA) is 29.5 Å². The van der Waals surface area contributed by atoms with Crippen molar-refractivity contribution in [3.8, 4) is 0 Å². The van der Waals surface area contributed by atoms with Crippen LogP contribution in [-0.2, 0) is 24.1 Å². The Balaban J connectivity index is 2.60. The van der Waals surface area contributed by atoms with Crippen LogP contribution in [-0.4, -0.2) is 18.3 Å². The summed E-state index contributed by atoms with van der Waals surface area (Å²) in [6.07, 6.45) is 4.36. The maximum absolute atomic E-state index is 8.39. The van der Waals surface area contributed by atoms with Gasteiger partial charge in [0.15, 0.2) is 0 Å². The molecular weight excluding hydrogens is 152 g/mol. The summed E-state index contributed by atoms with van der Waals surface area (Å²) in [5.74, 6) is 0. The molecule has 0 aliphatic carbocycles. The molecule has 0 radical (unpaired) electrons. The maximum atomic E-state index is 8.39. The molecule has 2 nitrogen and oxygen atoms in total. The summed E-state index contributed by atoms with van der Waals surface area (Å²) in [5.41, 5.74) is 0. The Morgan fingerprint density at radius 2 is 1.78 bits per heavy atom. The van der Waals surface area contributed by atoms with E-state index in [1.54, 1.807) is 20.8 Å². The second kappa shape index (κ2) is 8.63. The van der Waals surface area contributed by atoms with Gasteiger partial charge in [-0.2, -0.15) is 0 Å². The van der Waals surface area contributed by atoms with Crippen LogP contribution in [0.1, 0.15) is 25.7 Å². The Kier molecular flexibility index (Phi) is 9.24. The van der Waals surface area contributed by atoms with E-state index in [1.807, 2.05) is 0 Å². The number of hydrogen-bond acceptors (Lipinski definition) is 2. The Morgan fingerprint density at radius 1 is 1.11 bits per heavy atom. The zero-order valence-corrected chi connectivity index (χ0v) is 7.16. The fourth-order valence-electron chi connectivity index (χ4n) is 0.640. The van der Waals surface area contributed by atoms with Gasteiger partial charge in [-0.05, 0) is 0 Å². The van der Waals surface area contributed by atoms with Gasteiger partial charge in [0, 0.05) is 0 Å². The monoisotopic (exact) mass is 165 g/mol. The minimum absolute atomic E-state index is 0.326. The first-order chi connectivity index (χ1) is 4.41. The Morgan fingerprint density at radius 3 is 2.33 bits per heavy atom. The third kappa shape index (κ3) is 8.63. The van der Waals surface area contributed by atoms with Gasteiger partial charge in [-0.25, -0.2) is 0 Å². The van der Waals surface area contributed by atoms with Gasteiger partial charge in [0.05, 0.1) is 0 Å². The Bertz CT molecular complexity index is 44.3. The summed E-state index contributed by atoms with van der Waals surface area (Å²) < 4.78 is 4.86. The first-order valence-corrected chi connectivity index (χ1v) is 3.95. The van der Waals surface area contributed by atoms with Gasteiger partial charge in [0.1, 0.15) is 0 Å². The molecule has 0 aliphatic rings. The van der Waals surface area contributed by atoms with E-state index in [1.165, 1.54) is 6.42 Å². The van der Waals surface area contributed by atoms with Crippen molar-refractivity contribution in [1.82, 2.24) is 0 Å². The van der Waals surface area contributed by atoms with Crippen molar-refractivity contribution in [3.05, 3.63) is 0 Å². The molecule has 0 saturated heterocycles. The molecule has 0 heterocycles. The Labute approximate surface area is 68.5 Å². The van der Waals surface area contributed by atoms with E-state index in [4.69, 9.17) is 8.42 Å². The first kappa shape index (κ1) is 9.63. The molecule has 0 rings (SSSR count). The van der Waals surface area contributed by atoms with Crippen molar-refractivity contribution in [2.24, 2.45) is 0 Å². The zero-order chi connectivity index (χ0) is 6.95. The second-order valence-corrected chi connectivity index (χ2v) is 2.44. The van der Waals surface area contributed by atoms with Crippen molar-refractivity contribution in [2.45, 2.75) is 25.7 Å². The molecule has 0 atom stereocenters. The SMILES string of the molecule is OCCCCCC[O][Ti]. The third-order valence-electron chi connectivity index (χ3n) is 1.15. The van der Waals surface area contributed by atoms with E-state index in [9.17, 15) is 0 Å². The number of aliphatic hydroxyl groups excluding tert-OH is 1. The fourth-order valence-corrected chi connectivity index (χ4v) is 0.865. The average molecular weight is 165 g/mol. The molecule has 0 unspecified atom stereocenters. The van der Waals surface area contributed by atoms with E-state index in [0.717, 1.165) is 25.9 Å². The number of aliphatic hydroxyl groups is 1. The molecular formula is C6H13O2Ti. The normalized spacial score (nSPS) is 9.78. The van der Waals surface area contributed by atoms with Gasteiger partial charge in [-0.1, -0.05) is 0 Å². The van der Waals surface area contributed by atoms with Crippen molar-refractivity contribution in [3.63, 3.8) is 0 Å². The van der Waals surface area contributed by atoms with E-state index >= 15 is 0 Å². The summed E-state index contributed by atoms with van der Waals surface area (Å²) in [5, 5.41) is 8.39. The summed E-state index contributed by atoms with van der Waals surface area (Å²) in [7, 11) is 0. The number of hydrogen-bond donors (Lipinski definition) is 1. The van der Waals surface area contributed by atoms with E-state index in [-0.39, 0.29) is 0 Å². The first-order valence-electron chi connectivity index (χ1n) is 3.31. The predicted molar refractivity (Wildman–Crippen MR) is 31.5 cm³/mol. The molecule has 0 spiro atoms. The van der Waals surface area contributed by atoms with Crippen LogP contribution in [0.4, 0.5) is 0 Å². The summed E-state index contributed by atoms with van der Waals surface area (Å²) in [4.78, 5) is 0. The predicted octanol–water partition coefficient (Wildman–Crippen LogP) is 1.02. The van der Waals surface area contributed by atoms with E-state index in [0.29, 0.717) is 6.61 Å². The standard InChI is InChI=1S/C6H13O2.Ti/c7-5-3-1-2-4-6-8;/h7H,1-6H2;/q-1;+1. The molecule has 0 saturated carbocycles. The quantitative estimate of drug-likeness (QED) is 0.470. The third-order valence-corrected chi connectivity index (χ3v) is 1.47.